The lowest BCUT2D eigenvalue weighted by atomic mass is 9.90. The van der Waals surface area contributed by atoms with Crippen LogP contribution >= 0.6 is 0 Å². The Morgan fingerprint density at radius 3 is 1.79 bits per heavy atom. The summed E-state index contributed by atoms with van der Waals surface area (Å²) in [5, 5.41) is 5.31. The van der Waals surface area contributed by atoms with Crippen LogP contribution in [0.15, 0.2) is 109 Å². The highest BCUT2D eigenvalue weighted by Crippen LogP contribution is 2.50. The number of hydrogen-bond donors (Lipinski definition) is 0. The van der Waals surface area contributed by atoms with Crippen molar-refractivity contribution in [2.24, 2.45) is 0 Å². The zero-order valence-corrected chi connectivity index (χ0v) is 15.4. The highest BCUT2D eigenvalue weighted by atomic mass is 14.3. The minimum atomic E-state index is 1.27. The summed E-state index contributed by atoms with van der Waals surface area (Å²) >= 11 is 0. The minimum Gasteiger partial charge on any atom is -0.0622 e. The van der Waals surface area contributed by atoms with Gasteiger partial charge in [0, 0.05) is 0 Å². The van der Waals surface area contributed by atoms with Gasteiger partial charge < -0.3 is 0 Å². The fourth-order valence-electron chi connectivity index (χ4n) is 4.65. The SMILES string of the molecule is c1ccc(C2=C(c3ccccc3)c3c4ccccc4cc4cccc2c34)cc1. The van der Waals surface area contributed by atoms with Crippen LogP contribution in [0, 0.1) is 0 Å². The molecule has 0 radical (unpaired) electrons. The van der Waals surface area contributed by atoms with E-state index in [1.807, 2.05) is 0 Å². The first-order valence-electron chi connectivity index (χ1n) is 9.72. The third kappa shape index (κ3) is 2.12. The second-order valence-electron chi connectivity index (χ2n) is 7.36. The van der Waals surface area contributed by atoms with Gasteiger partial charge in [-0.05, 0) is 61.0 Å². The summed E-state index contributed by atoms with van der Waals surface area (Å²) in [5.41, 5.74) is 7.93. The standard InChI is InChI=1S/C28H18/c1-3-10-19(11-4-1)25-24-17-9-15-22-18-21-14-7-8-16-23(21)28(26(22)24)27(25)20-12-5-2-6-13-20/h1-18H. The van der Waals surface area contributed by atoms with Gasteiger partial charge in [0.15, 0.2) is 0 Å². The summed E-state index contributed by atoms with van der Waals surface area (Å²) in [6, 6.07) is 39.4. The Bertz CT molecular complexity index is 1370. The van der Waals surface area contributed by atoms with Gasteiger partial charge in [0.2, 0.25) is 0 Å². The topological polar surface area (TPSA) is 0 Å². The van der Waals surface area contributed by atoms with E-state index in [9.17, 15) is 0 Å². The number of rotatable bonds is 2. The molecular formula is C28H18. The van der Waals surface area contributed by atoms with Crippen molar-refractivity contribution in [3.63, 3.8) is 0 Å². The molecule has 0 N–H and O–H groups in total. The third-order valence-corrected chi connectivity index (χ3v) is 5.78. The van der Waals surface area contributed by atoms with Gasteiger partial charge in [0.1, 0.15) is 0 Å². The number of benzene rings is 5. The Morgan fingerprint density at radius 1 is 0.429 bits per heavy atom. The normalized spacial score (nSPS) is 12.9. The summed E-state index contributed by atoms with van der Waals surface area (Å²) < 4.78 is 0. The van der Waals surface area contributed by atoms with Crippen molar-refractivity contribution in [3.8, 4) is 0 Å². The molecule has 6 rings (SSSR count). The van der Waals surface area contributed by atoms with Crippen molar-refractivity contribution in [1.82, 2.24) is 0 Å². The van der Waals surface area contributed by atoms with Crippen LogP contribution in [-0.2, 0) is 0 Å². The molecular weight excluding hydrogens is 336 g/mol. The molecule has 0 atom stereocenters. The first-order chi connectivity index (χ1) is 13.9. The average Bonchev–Trinajstić information content (AvgIpc) is 3.12. The van der Waals surface area contributed by atoms with Gasteiger partial charge >= 0.3 is 0 Å². The van der Waals surface area contributed by atoms with E-state index in [2.05, 4.69) is 109 Å². The lowest BCUT2D eigenvalue weighted by molar-refractivity contribution is 1.58. The van der Waals surface area contributed by atoms with Gasteiger partial charge in [-0.2, -0.15) is 0 Å². The van der Waals surface area contributed by atoms with Crippen LogP contribution in [0.1, 0.15) is 22.3 Å². The molecule has 28 heavy (non-hydrogen) atoms. The predicted molar refractivity (Wildman–Crippen MR) is 119 cm³/mol. The monoisotopic (exact) mass is 354 g/mol. The van der Waals surface area contributed by atoms with Gasteiger partial charge in [-0.3, -0.25) is 0 Å². The maximum absolute atomic E-state index is 2.33. The molecule has 130 valence electrons. The Morgan fingerprint density at radius 2 is 1.04 bits per heavy atom. The molecule has 0 saturated heterocycles. The minimum absolute atomic E-state index is 1.27. The van der Waals surface area contributed by atoms with Crippen LogP contribution in [0.2, 0.25) is 0 Å². The van der Waals surface area contributed by atoms with Crippen LogP contribution in [-0.4, -0.2) is 0 Å². The highest BCUT2D eigenvalue weighted by molar-refractivity contribution is 6.26. The Hall–Kier alpha value is -3.64. The number of hydrogen-bond acceptors (Lipinski definition) is 0. The van der Waals surface area contributed by atoms with Crippen LogP contribution in [0.25, 0.3) is 32.7 Å². The molecule has 0 bridgehead atoms. The Kier molecular flexibility index (Phi) is 3.27. The quantitative estimate of drug-likeness (QED) is 0.286. The van der Waals surface area contributed by atoms with E-state index in [0.717, 1.165) is 0 Å². The van der Waals surface area contributed by atoms with Crippen LogP contribution in [0.5, 0.6) is 0 Å². The van der Waals surface area contributed by atoms with E-state index in [0.29, 0.717) is 0 Å². The molecule has 0 fully saturated rings. The Balaban J connectivity index is 1.85. The maximum atomic E-state index is 2.33. The zero-order chi connectivity index (χ0) is 18.5. The molecule has 1 aliphatic rings. The fourth-order valence-corrected chi connectivity index (χ4v) is 4.65. The average molecular weight is 354 g/mol. The molecule has 0 aromatic heterocycles. The largest absolute Gasteiger partial charge is 0.0622 e. The summed E-state index contributed by atoms with van der Waals surface area (Å²) in [4.78, 5) is 0. The molecule has 1 aliphatic carbocycles. The van der Waals surface area contributed by atoms with E-state index in [1.165, 1.54) is 54.9 Å². The lowest BCUT2D eigenvalue weighted by Crippen LogP contribution is -1.91. The van der Waals surface area contributed by atoms with Crippen LogP contribution in [0.3, 0.4) is 0 Å². The van der Waals surface area contributed by atoms with Gasteiger partial charge in [0.25, 0.3) is 0 Å². The van der Waals surface area contributed by atoms with Gasteiger partial charge in [-0.15, -0.1) is 0 Å². The van der Waals surface area contributed by atoms with Gasteiger partial charge in [-0.1, -0.05) is 103 Å². The molecule has 5 aromatic carbocycles. The third-order valence-electron chi connectivity index (χ3n) is 5.78. The smallest absolute Gasteiger partial charge is 0.000807 e. The highest BCUT2D eigenvalue weighted by Gasteiger charge is 2.27. The van der Waals surface area contributed by atoms with Crippen molar-refractivity contribution in [1.29, 1.82) is 0 Å². The molecule has 0 aliphatic heterocycles. The van der Waals surface area contributed by atoms with Crippen molar-refractivity contribution in [2.75, 3.05) is 0 Å². The molecule has 0 spiro atoms. The second-order valence-corrected chi connectivity index (χ2v) is 7.36. The molecule has 0 nitrogen and oxygen atoms in total. The fraction of sp³-hybridized carbons (Fsp3) is 0. The van der Waals surface area contributed by atoms with Crippen molar-refractivity contribution in [3.05, 3.63) is 131 Å². The molecule has 0 heteroatoms. The summed E-state index contributed by atoms with van der Waals surface area (Å²) in [6.45, 7) is 0. The summed E-state index contributed by atoms with van der Waals surface area (Å²) in [6.07, 6.45) is 0. The first-order valence-corrected chi connectivity index (χ1v) is 9.72. The molecule has 5 aromatic rings. The lowest BCUT2D eigenvalue weighted by Gasteiger charge is -2.12. The molecule has 0 unspecified atom stereocenters. The molecule has 0 saturated carbocycles. The number of fused-ring (bicyclic) bond motifs is 2. The molecule has 0 amide bonds. The van der Waals surface area contributed by atoms with E-state index < -0.39 is 0 Å². The second kappa shape index (κ2) is 5.94. The van der Waals surface area contributed by atoms with E-state index in [4.69, 9.17) is 0 Å². The maximum Gasteiger partial charge on any atom is -0.000807 e. The van der Waals surface area contributed by atoms with E-state index in [-0.39, 0.29) is 0 Å². The zero-order valence-electron chi connectivity index (χ0n) is 15.4. The van der Waals surface area contributed by atoms with E-state index >= 15 is 0 Å². The van der Waals surface area contributed by atoms with Gasteiger partial charge in [-0.25, -0.2) is 0 Å². The Labute approximate surface area is 164 Å². The summed E-state index contributed by atoms with van der Waals surface area (Å²) in [5.74, 6) is 0. The van der Waals surface area contributed by atoms with E-state index in [1.54, 1.807) is 0 Å². The predicted octanol–water partition coefficient (Wildman–Crippen LogP) is 7.31. The first kappa shape index (κ1) is 15.4. The van der Waals surface area contributed by atoms with Crippen molar-refractivity contribution < 1.29 is 0 Å². The van der Waals surface area contributed by atoms with Crippen LogP contribution in [0.4, 0.5) is 0 Å². The van der Waals surface area contributed by atoms with Crippen molar-refractivity contribution in [2.45, 2.75) is 0 Å². The van der Waals surface area contributed by atoms with Crippen molar-refractivity contribution >= 4 is 32.7 Å². The molecule has 0 heterocycles. The van der Waals surface area contributed by atoms with Gasteiger partial charge in [0.05, 0.1) is 0 Å². The van der Waals surface area contributed by atoms with Crippen LogP contribution < -0.4 is 0 Å². The summed E-state index contributed by atoms with van der Waals surface area (Å²) in [7, 11) is 0.